The van der Waals surface area contributed by atoms with Gasteiger partial charge in [0.1, 0.15) is 5.82 Å². The summed E-state index contributed by atoms with van der Waals surface area (Å²) in [6.45, 7) is 11.6. The molecular formula is C14H25N3S. The molecule has 1 unspecified atom stereocenters. The van der Waals surface area contributed by atoms with Crippen LogP contribution in [0.3, 0.4) is 0 Å². The Morgan fingerprint density at radius 1 is 1.22 bits per heavy atom. The molecule has 0 radical (unpaired) electrons. The van der Waals surface area contributed by atoms with E-state index in [4.69, 9.17) is 0 Å². The van der Waals surface area contributed by atoms with Gasteiger partial charge in [0.2, 0.25) is 0 Å². The van der Waals surface area contributed by atoms with Crippen LogP contribution in [0.15, 0.2) is 5.16 Å². The fourth-order valence-corrected chi connectivity index (χ4v) is 2.61. The van der Waals surface area contributed by atoms with E-state index in [9.17, 15) is 0 Å². The third-order valence-electron chi connectivity index (χ3n) is 3.35. The first-order valence-corrected chi connectivity index (χ1v) is 8.02. The van der Waals surface area contributed by atoms with Crippen LogP contribution in [0.25, 0.3) is 0 Å². The summed E-state index contributed by atoms with van der Waals surface area (Å²) < 4.78 is 0. The molecule has 0 saturated carbocycles. The predicted molar refractivity (Wildman–Crippen MR) is 80.7 cm³/mol. The Labute approximate surface area is 115 Å². The lowest BCUT2D eigenvalue weighted by atomic mass is 10.2. The van der Waals surface area contributed by atoms with E-state index in [0.717, 1.165) is 23.2 Å². The Balaban J connectivity index is 0.000000771. The molecule has 1 atom stereocenters. The van der Waals surface area contributed by atoms with Gasteiger partial charge in [-0.25, -0.2) is 9.97 Å². The van der Waals surface area contributed by atoms with Crippen LogP contribution in [-0.4, -0.2) is 28.8 Å². The van der Waals surface area contributed by atoms with Gasteiger partial charge < -0.3 is 4.90 Å². The van der Waals surface area contributed by atoms with E-state index >= 15 is 0 Å². The number of hydrogen-bond donors (Lipinski definition) is 0. The van der Waals surface area contributed by atoms with E-state index in [-0.39, 0.29) is 0 Å². The number of hydrogen-bond acceptors (Lipinski definition) is 4. The molecule has 1 saturated heterocycles. The minimum absolute atomic E-state index is 0.614. The average molecular weight is 267 g/mol. The van der Waals surface area contributed by atoms with Crippen LogP contribution in [0.4, 0.5) is 5.82 Å². The van der Waals surface area contributed by atoms with Gasteiger partial charge in [0.15, 0.2) is 5.16 Å². The first-order valence-electron chi connectivity index (χ1n) is 6.79. The van der Waals surface area contributed by atoms with Gasteiger partial charge in [0.05, 0.1) is 0 Å². The van der Waals surface area contributed by atoms with Gasteiger partial charge in [-0.15, -0.1) is 0 Å². The van der Waals surface area contributed by atoms with Crippen molar-refractivity contribution in [2.45, 2.75) is 58.7 Å². The molecule has 102 valence electrons. The summed E-state index contributed by atoms with van der Waals surface area (Å²) in [5.41, 5.74) is 2.33. The van der Waals surface area contributed by atoms with Gasteiger partial charge in [0, 0.05) is 23.8 Å². The topological polar surface area (TPSA) is 29.0 Å². The third kappa shape index (κ3) is 3.16. The lowest BCUT2D eigenvalue weighted by molar-refractivity contribution is 0.715. The monoisotopic (exact) mass is 267 g/mol. The van der Waals surface area contributed by atoms with Crippen molar-refractivity contribution in [3.63, 3.8) is 0 Å². The molecule has 3 nitrogen and oxygen atoms in total. The number of thioether (sulfide) groups is 1. The average Bonchev–Trinajstić information content (AvgIpc) is 2.81. The van der Waals surface area contributed by atoms with Crippen molar-refractivity contribution >= 4 is 17.6 Å². The fraction of sp³-hybridized carbons (Fsp3) is 0.714. The molecule has 1 aliphatic rings. The standard InChI is InChI=1S/C12H19N3S.C2H6/c1-8-6-5-7-15(8)11-9(2)10(3)13-12(14-11)16-4;1-2/h8H,5-7H2,1-4H3;1-2H3. The summed E-state index contributed by atoms with van der Waals surface area (Å²) in [5.74, 6) is 1.14. The minimum Gasteiger partial charge on any atom is -0.354 e. The maximum Gasteiger partial charge on any atom is 0.189 e. The zero-order valence-electron chi connectivity index (χ0n) is 12.4. The highest BCUT2D eigenvalue weighted by Gasteiger charge is 2.24. The summed E-state index contributed by atoms with van der Waals surface area (Å²) in [6.07, 6.45) is 4.58. The van der Waals surface area contributed by atoms with E-state index < -0.39 is 0 Å². The summed E-state index contributed by atoms with van der Waals surface area (Å²) >= 11 is 1.62. The molecule has 1 fully saturated rings. The Morgan fingerprint density at radius 3 is 2.39 bits per heavy atom. The van der Waals surface area contributed by atoms with Gasteiger partial charge in [-0.1, -0.05) is 25.6 Å². The number of rotatable bonds is 2. The Morgan fingerprint density at radius 2 is 1.89 bits per heavy atom. The van der Waals surface area contributed by atoms with Gasteiger partial charge in [-0.2, -0.15) is 0 Å². The Kier molecular flexibility index (Phi) is 5.93. The van der Waals surface area contributed by atoms with Crippen LogP contribution in [0.5, 0.6) is 0 Å². The largest absolute Gasteiger partial charge is 0.354 e. The smallest absolute Gasteiger partial charge is 0.189 e. The molecule has 0 aromatic carbocycles. The molecule has 1 aliphatic heterocycles. The van der Waals surface area contributed by atoms with Crippen molar-refractivity contribution in [3.8, 4) is 0 Å². The van der Waals surface area contributed by atoms with E-state index in [1.807, 2.05) is 20.1 Å². The molecule has 4 heteroatoms. The second-order valence-corrected chi connectivity index (χ2v) is 5.20. The van der Waals surface area contributed by atoms with Crippen LogP contribution in [0.2, 0.25) is 0 Å². The summed E-state index contributed by atoms with van der Waals surface area (Å²) in [7, 11) is 0. The van der Waals surface area contributed by atoms with Crippen molar-refractivity contribution in [1.29, 1.82) is 0 Å². The minimum atomic E-state index is 0.614. The Bertz CT molecular complexity index is 393. The second kappa shape index (κ2) is 6.98. The SMILES string of the molecule is CC.CSc1nc(C)c(C)c(N2CCCC2C)n1. The number of anilines is 1. The van der Waals surface area contributed by atoms with E-state index in [0.29, 0.717) is 6.04 Å². The predicted octanol–water partition coefficient (Wildman–Crippen LogP) is 3.83. The highest BCUT2D eigenvalue weighted by Crippen LogP contribution is 2.28. The number of aromatic nitrogens is 2. The third-order valence-corrected chi connectivity index (χ3v) is 3.90. The molecule has 0 N–H and O–H groups in total. The highest BCUT2D eigenvalue weighted by molar-refractivity contribution is 7.98. The quantitative estimate of drug-likeness (QED) is 0.601. The van der Waals surface area contributed by atoms with Crippen LogP contribution in [0.1, 0.15) is 44.9 Å². The van der Waals surface area contributed by atoms with Crippen LogP contribution < -0.4 is 4.90 Å². The summed E-state index contributed by atoms with van der Waals surface area (Å²) in [6, 6.07) is 0.614. The molecule has 2 rings (SSSR count). The highest BCUT2D eigenvalue weighted by atomic mass is 32.2. The summed E-state index contributed by atoms with van der Waals surface area (Å²) in [4.78, 5) is 11.6. The molecule has 0 bridgehead atoms. The molecule has 0 amide bonds. The first kappa shape index (κ1) is 15.3. The molecular weight excluding hydrogens is 242 g/mol. The summed E-state index contributed by atoms with van der Waals surface area (Å²) in [5, 5.41) is 0.886. The fourth-order valence-electron chi connectivity index (χ4n) is 2.21. The van der Waals surface area contributed by atoms with Crippen LogP contribution in [0, 0.1) is 13.8 Å². The lowest BCUT2D eigenvalue weighted by Gasteiger charge is -2.25. The zero-order chi connectivity index (χ0) is 13.7. The first-order chi connectivity index (χ1) is 8.63. The molecule has 2 heterocycles. The van der Waals surface area contributed by atoms with Gasteiger partial charge in [-0.05, 0) is 39.9 Å². The molecule has 1 aromatic heterocycles. The molecule has 0 spiro atoms. The molecule has 18 heavy (non-hydrogen) atoms. The molecule has 0 aliphatic carbocycles. The van der Waals surface area contributed by atoms with Crippen molar-refractivity contribution in [1.82, 2.24) is 9.97 Å². The van der Waals surface area contributed by atoms with E-state index in [2.05, 4.69) is 35.6 Å². The van der Waals surface area contributed by atoms with Crippen LogP contribution in [-0.2, 0) is 0 Å². The van der Waals surface area contributed by atoms with Gasteiger partial charge in [0.25, 0.3) is 0 Å². The van der Waals surface area contributed by atoms with Crippen molar-refractivity contribution < 1.29 is 0 Å². The van der Waals surface area contributed by atoms with Gasteiger partial charge in [-0.3, -0.25) is 0 Å². The zero-order valence-corrected chi connectivity index (χ0v) is 13.3. The number of nitrogens with zero attached hydrogens (tertiary/aromatic N) is 3. The van der Waals surface area contributed by atoms with E-state index in [1.165, 1.54) is 18.4 Å². The van der Waals surface area contributed by atoms with Crippen molar-refractivity contribution in [2.75, 3.05) is 17.7 Å². The second-order valence-electron chi connectivity index (χ2n) is 4.43. The van der Waals surface area contributed by atoms with Crippen LogP contribution >= 0.6 is 11.8 Å². The number of aryl methyl sites for hydroxylation is 1. The lowest BCUT2D eigenvalue weighted by Crippen LogP contribution is -2.28. The van der Waals surface area contributed by atoms with E-state index in [1.54, 1.807) is 11.8 Å². The molecule has 1 aromatic rings. The maximum atomic E-state index is 4.66. The van der Waals surface area contributed by atoms with Crippen molar-refractivity contribution in [2.24, 2.45) is 0 Å². The normalized spacial score (nSPS) is 18.6. The van der Waals surface area contributed by atoms with Crippen molar-refractivity contribution in [3.05, 3.63) is 11.3 Å². The Hall–Kier alpha value is -0.770. The van der Waals surface area contributed by atoms with Gasteiger partial charge >= 0.3 is 0 Å². The maximum absolute atomic E-state index is 4.66.